The Morgan fingerprint density at radius 2 is 1.37 bits per heavy atom. The van der Waals surface area contributed by atoms with Crippen LogP contribution >= 0.6 is 0 Å². The fourth-order valence-electron chi connectivity index (χ4n) is 4.87. The summed E-state index contributed by atoms with van der Waals surface area (Å²) >= 11 is 0. The van der Waals surface area contributed by atoms with E-state index in [4.69, 9.17) is 8.61 Å². The molecule has 0 bridgehead atoms. The highest BCUT2D eigenvalue weighted by molar-refractivity contribution is 7.86. The maximum Gasteiger partial charge on any atom is 0.268 e. The minimum atomic E-state index is -3.54. The third-order valence-electron chi connectivity index (χ3n) is 7.00. The van der Waals surface area contributed by atoms with Gasteiger partial charge in [0.25, 0.3) is 18.4 Å². The maximum absolute atomic E-state index is 12.5. The number of likely N-dealkylation sites (tertiary alicyclic amines) is 1. The van der Waals surface area contributed by atoms with Gasteiger partial charge in [-0.1, -0.05) is 95.3 Å². The van der Waals surface area contributed by atoms with Gasteiger partial charge in [0.2, 0.25) is 0 Å². The molecule has 1 saturated heterocycles. The Hall–Kier alpha value is -1.51. The van der Waals surface area contributed by atoms with Gasteiger partial charge >= 0.3 is 0 Å². The number of rotatable bonds is 12. The molecule has 0 unspecified atom stereocenters. The first-order valence-electron chi connectivity index (χ1n) is 12.8. The molecule has 7 heteroatoms. The quantitative estimate of drug-likeness (QED) is 0.308. The van der Waals surface area contributed by atoms with Crippen molar-refractivity contribution in [1.82, 2.24) is 4.90 Å². The van der Waals surface area contributed by atoms with E-state index in [9.17, 15) is 8.42 Å². The number of hydrogen-bond donors (Lipinski definition) is 0. The topological polar surface area (TPSA) is 55.8 Å². The second-order valence-electron chi connectivity index (χ2n) is 11.5. The smallest absolute Gasteiger partial charge is 0.268 e. The molecule has 0 aromatic heterocycles. The van der Waals surface area contributed by atoms with Crippen LogP contribution in [-0.4, -0.2) is 60.2 Å². The molecule has 0 atom stereocenters. The van der Waals surface area contributed by atoms with Crippen molar-refractivity contribution in [2.75, 3.05) is 38.6 Å². The van der Waals surface area contributed by atoms with Gasteiger partial charge in [-0.3, -0.25) is 4.18 Å². The number of benzene rings is 2. The average molecular weight is 518 g/mol. The Bertz CT molecular complexity index is 974. The van der Waals surface area contributed by atoms with Crippen molar-refractivity contribution in [2.45, 2.75) is 58.9 Å². The zero-order valence-electron chi connectivity index (χ0n) is 22.1. The predicted octanol–water partition coefficient (Wildman–Crippen LogP) is 4.42. The van der Waals surface area contributed by atoms with Crippen LogP contribution in [0.3, 0.4) is 0 Å². The van der Waals surface area contributed by atoms with Crippen molar-refractivity contribution in [2.24, 2.45) is 5.41 Å². The standard InChI is InChI=1S/C28H43NO4SSi/c1-27(2,3)35(25-14-8-6-9-15-25,26-16-10-7-11-17-26)33-22-18-28(4,5)24-32-34(30,31)23-21-29-19-12-13-20-29/h6-11,14-17H,12-13,18-24H2,1-5H3. The van der Waals surface area contributed by atoms with Crippen molar-refractivity contribution in [3.8, 4) is 0 Å². The summed E-state index contributed by atoms with van der Waals surface area (Å²) in [6.45, 7) is 14.1. The molecule has 194 valence electrons. The lowest BCUT2D eigenvalue weighted by Gasteiger charge is -2.43. The Labute approximate surface area is 214 Å². The second kappa shape index (κ2) is 11.7. The molecule has 5 nitrogen and oxygen atoms in total. The summed E-state index contributed by atoms with van der Waals surface area (Å²) in [5.74, 6) is 0.0572. The van der Waals surface area contributed by atoms with E-state index in [1.54, 1.807) is 0 Å². The molecule has 0 amide bonds. The van der Waals surface area contributed by atoms with Crippen molar-refractivity contribution in [3.05, 3.63) is 60.7 Å². The summed E-state index contributed by atoms with van der Waals surface area (Å²) in [4.78, 5) is 2.20. The fourth-order valence-corrected chi connectivity index (χ4v) is 10.5. The fraction of sp³-hybridized carbons (Fsp3) is 0.571. The molecular weight excluding hydrogens is 474 g/mol. The highest BCUT2D eigenvalue weighted by Gasteiger charge is 2.50. The third kappa shape index (κ3) is 7.49. The van der Waals surface area contributed by atoms with Crippen molar-refractivity contribution in [3.63, 3.8) is 0 Å². The molecule has 0 spiro atoms. The molecule has 0 saturated carbocycles. The molecule has 2 aromatic rings. The largest absolute Gasteiger partial charge is 0.407 e. The van der Waals surface area contributed by atoms with Crippen LogP contribution in [0.2, 0.25) is 5.04 Å². The van der Waals surface area contributed by atoms with Gasteiger partial charge in [0, 0.05) is 13.2 Å². The minimum Gasteiger partial charge on any atom is -0.407 e. The first-order valence-corrected chi connectivity index (χ1v) is 16.3. The van der Waals surface area contributed by atoms with Gasteiger partial charge in [0.1, 0.15) is 0 Å². The molecule has 1 aliphatic rings. The Kier molecular flexibility index (Phi) is 9.37. The predicted molar refractivity (Wildman–Crippen MR) is 147 cm³/mol. The van der Waals surface area contributed by atoms with Gasteiger partial charge < -0.3 is 9.33 Å². The van der Waals surface area contributed by atoms with E-state index in [1.807, 2.05) is 12.1 Å². The van der Waals surface area contributed by atoms with Gasteiger partial charge in [0.05, 0.1) is 12.4 Å². The van der Waals surface area contributed by atoms with Crippen LogP contribution in [0.4, 0.5) is 0 Å². The van der Waals surface area contributed by atoms with Gasteiger partial charge in [-0.25, -0.2) is 0 Å². The number of hydrogen-bond acceptors (Lipinski definition) is 5. The maximum atomic E-state index is 12.5. The van der Waals surface area contributed by atoms with Gasteiger partial charge in [-0.2, -0.15) is 8.42 Å². The monoisotopic (exact) mass is 517 g/mol. The first-order chi connectivity index (χ1) is 16.5. The summed E-state index contributed by atoms with van der Waals surface area (Å²) < 4.78 is 37.4. The molecule has 1 fully saturated rings. The van der Waals surface area contributed by atoms with Crippen LogP contribution < -0.4 is 10.4 Å². The SMILES string of the molecule is CC(C)(CCO[Si](c1ccccc1)(c1ccccc1)C(C)(C)C)COS(=O)(=O)CCN1CCCC1. The summed E-state index contributed by atoms with van der Waals surface area (Å²) in [5.41, 5.74) is -0.327. The Morgan fingerprint density at radius 1 is 0.857 bits per heavy atom. The molecular formula is C28H43NO4SSi. The lowest BCUT2D eigenvalue weighted by atomic mass is 9.91. The van der Waals surface area contributed by atoms with E-state index in [0.717, 1.165) is 25.9 Å². The molecule has 35 heavy (non-hydrogen) atoms. The van der Waals surface area contributed by atoms with E-state index >= 15 is 0 Å². The highest BCUT2D eigenvalue weighted by atomic mass is 32.2. The summed E-state index contributed by atoms with van der Waals surface area (Å²) in [7, 11) is -6.14. The second-order valence-corrected chi connectivity index (χ2v) is 17.6. The van der Waals surface area contributed by atoms with Crippen LogP contribution in [0.1, 0.15) is 53.9 Å². The van der Waals surface area contributed by atoms with E-state index in [-0.39, 0.29) is 22.8 Å². The molecule has 2 aromatic carbocycles. The molecule has 1 aliphatic heterocycles. The summed E-state index contributed by atoms with van der Waals surface area (Å²) in [5, 5.41) is 2.41. The van der Waals surface area contributed by atoms with Crippen LogP contribution in [0.15, 0.2) is 60.7 Å². The van der Waals surface area contributed by atoms with Crippen molar-refractivity contribution >= 4 is 28.8 Å². The highest BCUT2D eigenvalue weighted by Crippen LogP contribution is 2.37. The molecule has 3 rings (SSSR count). The van der Waals surface area contributed by atoms with Gasteiger partial charge in [-0.05, 0) is 53.2 Å². The molecule has 1 heterocycles. The van der Waals surface area contributed by atoms with E-state index in [1.165, 1.54) is 10.4 Å². The normalized spacial score (nSPS) is 16.0. The summed E-state index contributed by atoms with van der Waals surface area (Å²) in [6.07, 6.45) is 3.01. The van der Waals surface area contributed by atoms with Crippen LogP contribution in [0.5, 0.6) is 0 Å². The number of nitrogens with zero attached hydrogens (tertiary/aromatic N) is 1. The molecule has 0 N–H and O–H groups in total. The lowest BCUT2D eigenvalue weighted by Crippen LogP contribution is -2.66. The van der Waals surface area contributed by atoms with Gasteiger partial charge in [-0.15, -0.1) is 0 Å². The van der Waals surface area contributed by atoms with Crippen molar-refractivity contribution < 1.29 is 17.0 Å². The van der Waals surface area contributed by atoms with Crippen LogP contribution in [0.25, 0.3) is 0 Å². The zero-order valence-corrected chi connectivity index (χ0v) is 23.9. The van der Waals surface area contributed by atoms with E-state index in [0.29, 0.717) is 19.6 Å². The summed E-state index contributed by atoms with van der Waals surface area (Å²) in [6, 6.07) is 21.2. The van der Waals surface area contributed by atoms with Gasteiger partial charge in [0.15, 0.2) is 0 Å². The lowest BCUT2D eigenvalue weighted by molar-refractivity contribution is 0.144. The first kappa shape index (κ1) is 28.1. The van der Waals surface area contributed by atoms with Crippen LogP contribution in [-0.2, 0) is 18.7 Å². The third-order valence-corrected chi connectivity index (χ3v) is 13.2. The Balaban J connectivity index is 1.68. The van der Waals surface area contributed by atoms with E-state index < -0.39 is 18.4 Å². The average Bonchev–Trinajstić information content (AvgIpc) is 3.34. The molecule has 0 radical (unpaired) electrons. The molecule has 0 aliphatic carbocycles. The Morgan fingerprint density at radius 3 is 1.86 bits per heavy atom. The van der Waals surface area contributed by atoms with Crippen LogP contribution in [0, 0.1) is 5.41 Å². The zero-order chi connectivity index (χ0) is 25.6. The van der Waals surface area contributed by atoms with Crippen molar-refractivity contribution in [1.29, 1.82) is 0 Å². The van der Waals surface area contributed by atoms with E-state index in [2.05, 4.69) is 88.0 Å². The minimum absolute atomic E-state index is 0.0572.